The van der Waals surface area contributed by atoms with E-state index in [9.17, 15) is 18.0 Å². The average Bonchev–Trinajstić information content (AvgIpc) is 2.52. The van der Waals surface area contributed by atoms with E-state index < -0.39 is 17.7 Å². The topological polar surface area (TPSA) is 29.5 Å². The van der Waals surface area contributed by atoms with Crippen LogP contribution in [-0.4, -0.2) is 37.2 Å². The summed E-state index contributed by atoms with van der Waals surface area (Å²) in [6.07, 6.45) is -4.77. The smallest absolute Gasteiger partial charge is 0.425 e. The van der Waals surface area contributed by atoms with E-state index in [0.717, 1.165) is 24.4 Å². The molecule has 0 heterocycles. The zero-order valence-electron chi connectivity index (χ0n) is 13.3. The van der Waals surface area contributed by atoms with Crippen molar-refractivity contribution in [2.24, 2.45) is 0 Å². The number of ether oxygens (including phenoxy) is 1. The summed E-state index contributed by atoms with van der Waals surface area (Å²) in [7, 11) is 0.954. The lowest BCUT2D eigenvalue weighted by Gasteiger charge is -2.27. The third-order valence-electron chi connectivity index (χ3n) is 3.16. The van der Waals surface area contributed by atoms with E-state index in [1.54, 1.807) is 13.8 Å². The minimum atomic E-state index is -4.77. The number of rotatable bonds is 7. The third-order valence-corrected chi connectivity index (χ3v) is 4.37. The fourth-order valence-corrected chi connectivity index (χ4v) is 3.26. The van der Waals surface area contributed by atoms with Gasteiger partial charge in [0.25, 0.3) is 0 Å². The Kier molecular flexibility index (Phi) is 7.48. The Morgan fingerprint density at radius 3 is 2.17 bits per heavy atom. The number of hydrogen-bond donors (Lipinski definition) is 0. The van der Waals surface area contributed by atoms with E-state index in [4.69, 9.17) is 0 Å². The second-order valence-corrected chi connectivity index (χ2v) is 5.58. The number of carbonyl (C=O) groups excluding carboxylic acids is 1. The van der Waals surface area contributed by atoms with Gasteiger partial charge in [0.2, 0.25) is 0 Å². The number of nitrogens with zero attached hydrogens (tertiary/aromatic N) is 1. The summed E-state index contributed by atoms with van der Waals surface area (Å²) in [5, 5.41) is -0.0989. The Balaban J connectivity index is 3.25. The summed E-state index contributed by atoms with van der Waals surface area (Å²) < 4.78 is 44.5. The van der Waals surface area contributed by atoms with Crippen molar-refractivity contribution in [3.05, 3.63) is 46.5 Å². The fraction of sp³-hybridized carbons (Fsp3) is 0.438. The molecule has 0 unspecified atom stereocenters. The van der Waals surface area contributed by atoms with Gasteiger partial charge in [-0.15, -0.1) is 11.8 Å². The van der Waals surface area contributed by atoms with Gasteiger partial charge in [0.15, 0.2) is 5.57 Å². The molecule has 0 aromatic heterocycles. The predicted octanol–water partition coefficient (Wildman–Crippen LogP) is 4.21. The van der Waals surface area contributed by atoms with Crippen LogP contribution in [0, 0.1) is 0 Å². The quantitative estimate of drug-likeness (QED) is 0.546. The molecule has 0 spiro atoms. The standard InChI is InChI=1S/C16H20F3NO2S/c1-4-20(5-2)14(13(15(21)22-3)16(17,18)19)23-11-12-9-7-6-8-10-12/h6-10H,4-5,11H2,1-3H3/b14-13+. The van der Waals surface area contributed by atoms with Gasteiger partial charge in [-0.3, -0.25) is 0 Å². The van der Waals surface area contributed by atoms with Crippen LogP contribution in [0.15, 0.2) is 40.9 Å². The van der Waals surface area contributed by atoms with Crippen LogP contribution < -0.4 is 0 Å². The predicted molar refractivity (Wildman–Crippen MR) is 85.8 cm³/mol. The maximum Gasteiger partial charge on any atom is 0.425 e. The van der Waals surface area contributed by atoms with Gasteiger partial charge in [-0.05, 0) is 19.4 Å². The lowest BCUT2D eigenvalue weighted by Crippen LogP contribution is -2.30. The highest BCUT2D eigenvalue weighted by Gasteiger charge is 2.43. The maximum atomic E-state index is 13.4. The zero-order valence-corrected chi connectivity index (χ0v) is 14.1. The fourth-order valence-electron chi connectivity index (χ4n) is 1.98. The molecule has 1 aromatic carbocycles. The normalized spacial score (nSPS) is 12.6. The molecule has 0 atom stereocenters. The molecule has 0 aliphatic carbocycles. The minimum Gasteiger partial charge on any atom is -0.465 e. The molecule has 0 aliphatic heterocycles. The van der Waals surface area contributed by atoms with Crippen molar-refractivity contribution in [1.82, 2.24) is 4.90 Å². The third kappa shape index (κ3) is 5.49. The Morgan fingerprint density at radius 2 is 1.74 bits per heavy atom. The molecule has 3 nitrogen and oxygen atoms in total. The van der Waals surface area contributed by atoms with E-state index >= 15 is 0 Å². The van der Waals surface area contributed by atoms with Crippen LogP contribution in [0.5, 0.6) is 0 Å². The van der Waals surface area contributed by atoms with Crippen LogP contribution in [0.2, 0.25) is 0 Å². The minimum absolute atomic E-state index is 0.0989. The molecule has 1 rings (SSSR count). The van der Waals surface area contributed by atoms with Gasteiger partial charge in [0, 0.05) is 18.8 Å². The van der Waals surface area contributed by atoms with Crippen molar-refractivity contribution < 1.29 is 22.7 Å². The Labute approximate surface area is 138 Å². The van der Waals surface area contributed by atoms with Crippen LogP contribution in [0.25, 0.3) is 0 Å². The van der Waals surface area contributed by atoms with Crippen LogP contribution >= 0.6 is 11.8 Å². The summed E-state index contributed by atoms with van der Waals surface area (Å²) >= 11 is 0.995. The molecule has 0 amide bonds. The van der Waals surface area contributed by atoms with E-state index in [1.165, 1.54) is 4.90 Å². The van der Waals surface area contributed by atoms with Crippen molar-refractivity contribution in [1.29, 1.82) is 0 Å². The van der Waals surface area contributed by atoms with Crippen molar-refractivity contribution >= 4 is 17.7 Å². The first-order valence-corrected chi connectivity index (χ1v) is 8.15. The summed E-state index contributed by atoms with van der Waals surface area (Å²) in [5.74, 6) is -1.02. The van der Waals surface area contributed by atoms with Gasteiger partial charge in [0.1, 0.15) is 0 Å². The highest BCUT2D eigenvalue weighted by atomic mass is 32.2. The number of methoxy groups -OCH3 is 1. The second kappa shape index (κ2) is 8.86. The lowest BCUT2D eigenvalue weighted by atomic mass is 10.2. The van der Waals surface area contributed by atoms with Crippen molar-refractivity contribution in [3.8, 4) is 0 Å². The zero-order chi connectivity index (χ0) is 17.5. The number of hydrogen-bond acceptors (Lipinski definition) is 4. The molecule has 0 fully saturated rings. The molecule has 128 valence electrons. The largest absolute Gasteiger partial charge is 0.465 e. The number of alkyl halides is 3. The Bertz CT molecular complexity index is 540. The van der Waals surface area contributed by atoms with Crippen LogP contribution in [-0.2, 0) is 15.3 Å². The highest BCUT2D eigenvalue weighted by Crippen LogP contribution is 2.36. The van der Waals surface area contributed by atoms with Gasteiger partial charge in [-0.25, -0.2) is 4.79 Å². The Morgan fingerprint density at radius 1 is 1.17 bits per heavy atom. The van der Waals surface area contributed by atoms with E-state index in [1.807, 2.05) is 30.3 Å². The van der Waals surface area contributed by atoms with Crippen molar-refractivity contribution in [2.75, 3.05) is 20.2 Å². The number of esters is 1. The number of thioether (sulfide) groups is 1. The van der Waals surface area contributed by atoms with Gasteiger partial charge in [-0.2, -0.15) is 13.2 Å². The van der Waals surface area contributed by atoms with Crippen LogP contribution in [0.4, 0.5) is 13.2 Å². The first kappa shape index (κ1) is 19.4. The first-order chi connectivity index (χ1) is 10.8. The molecule has 0 radical (unpaired) electrons. The molecular weight excluding hydrogens is 327 g/mol. The molecule has 0 aliphatic rings. The highest BCUT2D eigenvalue weighted by molar-refractivity contribution is 8.02. The number of carbonyl (C=O) groups is 1. The average molecular weight is 347 g/mol. The molecule has 0 bridgehead atoms. The molecular formula is C16H20F3NO2S. The molecule has 1 aromatic rings. The van der Waals surface area contributed by atoms with E-state index in [0.29, 0.717) is 18.8 Å². The van der Waals surface area contributed by atoms with Crippen LogP contribution in [0.1, 0.15) is 19.4 Å². The van der Waals surface area contributed by atoms with Gasteiger partial charge in [0.05, 0.1) is 12.1 Å². The van der Waals surface area contributed by atoms with Crippen LogP contribution in [0.3, 0.4) is 0 Å². The summed E-state index contributed by atoms with van der Waals surface area (Å²) in [6.45, 7) is 4.23. The monoisotopic (exact) mass is 347 g/mol. The second-order valence-electron chi connectivity index (χ2n) is 4.62. The van der Waals surface area contributed by atoms with E-state index in [-0.39, 0.29) is 5.03 Å². The van der Waals surface area contributed by atoms with E-state index in [2.05, 4.69) is 4.74 Å². The van der Waals surface area contributed by atoms with Crippen molar-refractivity contribution in [2.45, 2.75) is 25.8 Å². The van der Waals surface area contributed by atoms with Gasteiger partial charge < -0.3 is 9.64 Å². The lowest BCUT2D eigenvalue weighted by molar-refractivity contribution is -0.148. The maximum absolute atomic E-state index is 13.4. The molecule has 0 saturated carbocycles. The molecule has 0 N–H and O–H groups in total. The molecule has 0 saturated heterocycles. The van der Waals surface area contributed by atoms with Gasteiger partial charge in [-0.1, -0.05) is 30.3 Å². The number of benzene rings is 1. The number of halogens is 3. The van der Waals surface area contributed by atoms with Gasteiger partial charge >= 0.3 is 12.1 Å². The molecule has 7 heteroatoms. The SMILES string of the molecule is CCN(CC)/C(SCc1ccccc1)=C(/C(=O)OC)C(F)(F)F. The summed E-state index contributed by atoms with van der Waals surface area (Å²) in [6, 6.07) is 9.14. The summed E-state index contributed by atoms with van der Waals surface area (Å²) in [4.78, 5) is 13.2. The van der Waals surface area contributed by atoms with Crippen molar-refractivity contribution in [3.63, 3.8) is 0 Å². The Hall–Kier alpha value is -1.63. The molecule has 23 heavy (non-hydrogen) atoms. The first-order valence-electron chi connectivity index (χ1n) is 7.16. The summed E-state index contributed by atoms with van der Waals surface area (Å²) in [5.41, 5.74) is -0.363.